The molecule has 0 aliphatic heterocycles. The van der Waals surface area contributed by atoms with E-state index >= 15 is 0 Å². The fourth-order valence-corrected chi connectivity index (χ4v) is 2.42. The summed E-state index contributed by atoms with van der Waals surface area (Å²) in [6.07, 6.45) is -0.809. The molecule has 0 spiro atoms. The molecule has 3 rings (SSSR count). The highest BCUT2D eigenvalue weighted by Crippen LogP contribution is 2.26. The smallest absolute Gasteiger partial charge is 0.270 e. The number of rotatable bonds is 5. The Morgan fingerprint density at radius 1 is 1.29 bits per heavy atom. The number of benzene rings is 2. The van der Waals surface area contributed by atoms with Crippen LogP contribution in [0.25, 0.3) is 10.9 Å². The molecular weight excluding hydrogens is 312 g/mol. The molecule has 8 nitrogen and oxygen atoms in total. The number of nitro benzene ring substituents is 1. The molecule has 122 valence electrons. The Balaban J connectivity index is 1.90. The standard InChI is InChI=1S/C16H14N4O4/c1-24-14(10-5-3-2-4-6-10)16(21)17-15-12-9-11(20(22)23)7-8-13(12)18-19-15/h2-9,14H,1H3,(H2,17,18,19,21). The molecule has 0 aliphatic carbocycles. The summed E-state index contributed by atoms with van der Waals surface area (Å²) in [6.45, 7) is 0. The van der Waals surface area contributed by atoms with Crippen molar-refractivity contribution < 1.29 is 14.5 Å². The summed E-state index contributed by atoms with van der Waals surface area (Å²) in [6, 6.07) is 13.3. The lowest BCUT2D eigenvalue weighted by atomic mass is 10.1. The van der Waals surface area contributed by atoms with Crippen LogP contribution in [-0.4, -0.2) is 28.1 Å². The predicted molar refractivity (Wildman–Crippen MR) is 87.6 cm³/mol. The molecule has 2 N–H and O–H groups in total. The van der Waals surface area contributed by atoms with E-state index in [-0.39, 0.29) is 11.5 Å². The lowest BCUT2D eigenvalue weighted by molar-refractivity contribution is -0.384. The fraction of sp³-hybridized carbons (Fsp3) is 0.125. The van der Waals surface area contributed by atoms with Gasteiger partial charge in [0, 0.05) is 19.2 Å². The third-order valence-electron chi connectivity index (χ3n) is 3.58. The van der Waals surface area contributed by atoms with E-state index in [9.17, 15) is 14.9 Å². The van der Waals surface area contributed by atoms with Gasteiger partial charge in [-0.05, 0) is 11.6 Å². The Kier molecular flexibility index (Phi) is 4.21. The second-order valence-electron chi connectivity index (χ2n) is 5.07. The van der Waals surface area contributed by atoms with Crippen LogP contribution in [0, 0.1) is 10.1 Å². The molecule has 0 radical (unpaired) electrons. The lowest BCUT2D eigenvalue weighted by Crippen LogP contribution is -2.22. The van der Waals surface area contributed by atoms with Gasteiger partial charge in [0.15, 0.2) is 11.9 Å². The third-order valence-corrected chi connectivity index (χ3v) is 3.58. The number of ether oxygens (including phenoxy) is 1. The van der Waals surface area contributed by atoms with Crippen LogP contribution >= 0.6 is 0 Å². The molecule has 0 saturated heterocycles. The zero-order chi connectivity index (χ0) is 17.1. The number of aromatic nitrogens is 2. The summed E-state index contributed by atoms with van der Waals surface area (Å²) in [4.78, 5) is 22.9. The van der Waals surface area contributed by atoms with Crippen LogP contribution in [0.2, 0.25) is 0 Å². The number of nitrogens with zero attached hydrogens (tertiary/aromatic N) is 2. The Hall–Kier alpha value is -3.26. The monoisotopic (exact) mass is 326 g/mol. The van der Waals surface area contributed by atoms with Crippen molar-refractivity contribution in [1.29, 1.82) is 0 Å². The second kappa shape index (κ2) is 6.47. The first kappa shape index (κ1) is 15.6. The number of amides is 1. The molecule has 1 heterocycles. The van der Waals surface area contributed by atoms with Crippen LogP contribution in [-0.2, 0) is 9.53 Å². The van der Waals surface area contributed by atoms with Gasteiger partial charge in [-0.25, -0.2) is 0 Å². The average molecular weight is 326 g/mol. The number of non-ortho nitro benzene ring substituents is 1. The van der Waals surface area contributed by atoms with E-state index in [0.29, 0.717) is 16.5 Å². The van der Waals surface area contributed by atoms with Crippen LogP contribution in [0.15, 0.2) is 48.5 Å². The van der Waals surface area contributed by atoms with Gasteiger partial charge < -0.3 is 10.1 Å². The van der Waals surface area contributed by atoms with Gasteiger partial charge in [-0.3, -0.25) is 20.0 Å². The van der Waals surface area contributed by atoms with Crippen LogP contribution in [0.1, 0.15) is 11.7 Å². The average Bonchev–Trinajstić information content (AvgIpc) is 2.98. The molecule has 0 fully saturated rings. The summed E-state index contributed by atoms with van der Waals surface area (Å²) in [5.41, 5.74) is 1.21. The molecule has 1 unspecified atom stereocenters. The summed E-state index contributed by atoms with van der Waals surface area (Å²) in [5, 5.41) is 20.8. The van der Waals surface area contributed by atoms with Crippen LogP contribution in [0.5, 0.6) is 0 Å². The summed E-state index contributed by atoms with van der Waals surface area (Å²) >= 11 is 0. The minimum atomic E-state index is -0.809. The van der Waals surface area contributed by atoms with E-state index < -0.39 is 16.9 Å². The quantitative estimate of drug-likeness (QED) is 0.553. The number of carbonyl (C=O) groups is 1. The predicted octanol–water partition coefficient (Wildman–Crippen LogP) is 2.80. The number of aromatic amines is 1. The maximum atomic E-state index is 12.5. The van der Waals surface area contributed by atoms with E-state index in [2.05, 4.69) is 15.5 Å². The van der Waals surface area contributed by atoms with Crippen molar-refractivity contribution in [3.8, 4) is 0 Å². The Bertz CT molecular complexity index is 891. The number of nitrogens with one attached hydrogen (secondary N) is 2. The molecule has 3 aromatic rings. The van der Waals surface area contributed by atoms with Gasteiger partial charge in [0.1, 0.15) is 0 Å². The highest BCUT2D eigenvalue weighted by Gasteiger charge is 2.22. The Morgan fingerprint density at radius 3 is 2.71 bits per heavy atom. The summed E-state index contributed by atoms with van der Waals surface area (Å²) < 4.78 is 5.26. The first-order chi connectivity index (χ1) is 11.6. The number of hydrogen-bond donors (Lipinski definition) is 2. The number of fused-ring (bicyclic) bond motifs is 1. The van der Waals surface area contributed by atoms with E-state index in [1.807, 2.05) is 18.2 Å². The van der Waals surface area contributed by atoms with E-state index in [1.165, 1.54) is 19.2 Å². The van der Waals surface area contributed by atoms with Gasteiger partial charge >= 0.3 is 0 Å². The molecule has 1 aromatic heterocycles. The number of anilines is 1. The second-order valence-corrected chi connectivity index (χ2v) is 5.07. The first-order valence-electron chi connectivity index (χ1n) is 7.11. The molecular formula is C16H14N4O4. The number of carbonyl (C=O) groups excluding carboxylic acids is 1. The summed E-state index contributed by atoms with van der Waals surface area (Å²) in [5.74, 6) is -0.194. The lowest BCUT2D eigenvalue weighted by Gasteiger charge is -2.14. The minimum Gasteiger partial charge on any atom is -0.367 e. The molecule has 24 heavy (non-hydrogen) atoms. The first-order valence-corrected chi connectivity index (χ1v) is 7.11. The number of H-pyrrole nitrogens is 1. The van der Waals surface area contributed by atoms with Crippen LogP contribution < -0.4 is 5.32 Å². The Morgan fingerprint density at radius 2 is 2.04 bits per heavy atom. The van der Waals surface area contributed by atoms with Gasteiger partial charge in [-0.2, -0.15) is 5.10 Å². The maximum absolute atomic E-state index is 12.5. The Labute approximate surface area is 136 Å². The molecule has 1 atom stereocenters. The van der Waals surface area contributed by atoms with E-state index in [1.54, 1.807) is 18.2 Å². The van der Waals surface area contributed by atoms with Crippen LogP contribution in [0.4, 0.5) is 11.5 Å². The zero-order valence-electron chi connectivity index (χ0n) is 12.7. The number of nitro groups is 1. The van der Waals surface area contributed by atoms with Crippen molar-refractivity contribution in [3.05, 3.63) is 64.2 Å². The molecule has 0 bridgehead atoms. The fourth-order valence-electron chi connectivity index (χ4n) is 2.42. The van der Waals surface area contributed by atoms with Crippen molar-refractivity contribution in [2.75, 3.05) is 12.4 Å². The van der Waals surface area contributed by atoms with Crippen LogP contribution in [0.3, 0.4) is 0 Å². The largest absolute Gasteiger partial charge is 0.367 e. The SMILES string of the molecule is COC(C(=O)Nc1n[nH]c2ccc([N+](=O)[O-])cc12)c1ccccc1. The van der Waals surface area contributed by atoms with Gasteiger partial charge in [-0.15, -0.1) is 0 Å². The minimum absolute atomic E-state index is 0.0780. The topological polar surface area (TPSA) is 110 Å². The third kappa shape index (κ3) is 2.95. The van der Waals surface area contributed by atoms with Crippen molar-refractivity contribution in [1.82, 2.24) is 10.2 Å². The molecule has 1 amide bonds. The van der Waals surface area contributed by atoms with Gasteiger partial charge in [0.2, 0.25) is 0 Å². The van der Waals surface area contributed by atoms with Crippen molar-refractivity contribution in [2.45, 2.75) is 6.10 Å². The van der Waals surface area contributed by atoms with Gasteiger partial charge in [-0.1, -0.05) is 30.3 Å². The summed E-state index contributed by atoms with van der Waals surface area (Å²) in [7, 11) is 1.44. The van der Waals surface area contributed by atoms with Crippen molar-refractivity contribution in [3.63, 3.8) is 0 Å². The highest BCUT2D eigenvalue weighted by atomic mass is 16.6. The maximum Gasteiger partial charge on any atom is 0.270 e. The number of methoxy groups -OCH3 is 1. The van der Waals surface area contributed by atoms with Crippen molar-refractivity contribution in [2.24, 2.45) is 0 Å². The normalized spacial score (nSPS) is 12.0. The zero-order valence-corrected chi connectivity index (χ0v) is 12.7. The van der Waals surface area contributed by atoms with E-state index in [4.69, 9.17) is 4.74 Å². The van der Waals surface area contributed by atoms with Gasteiger partial charge in [0.25, 0.3) is 11.6 Å². The number of hydrogen-bond acceptors (Lipinski definition) is 5. The van der Waals surface area contributed by atoms with Gasteiger partial charge in [0.05, 0.1) is 15.8 Å². The molecule has 0 aliphatic rings. The van der Waals surface area contributed by atoms with Crippen molar-refractivity contribution >= 4 is 28.3 Å². The molecule has 2 aromatic carbocycles. The molecule has 0 saturated carbocycles. The van der Waals surface area contributed by atoms with E-state index in [0.717, 1.165) is 0 Å². The molecule has 8 heteroatoms. The highest BCUT2D eigenvalue weighted by molar-refractivity contribution is 6.02.